The second-order valence-corrected chi connectivity index (χ2v) is 5.84. The number of hydrogen-bond acceptors (Lipinski definition) is 4. The number of fused-ring (bicyclic) bond motifs is 2. The van der Waals surface area contributed by atoms with Crippen LogP contribution in [0, 0.1) is 0 Å². The van der Waals surface area contributed by atoms with Crippen molar-refractivity contribution < 1.29 is 4.79 Å². The van der Waals surface area contributed by atoms with Gasteiger partial charge >= 0.3 is 0 Å². The molecular formula is C17H17N5O. The van der Waals surface area contributed by atoms with Crippen molar-refractivity contribution in [3.63, 3.8) is 0 Å². The standard InChI is InChI=1S/C17H17N5O/c18-17-12-6-2-1-5-11(12)9-14(17)19-16(23)10-22-15-8-4-3-7-13(15)20-21-22/h1-8,14,17H,9-10,18H2,(H,19,23)/t14-,17-/m1/s1. The molecule has 23 heavy (non-hydrogen) atoms. The monoisotopic (exact) mass is 307 g/mol. The fraction of sp³-hybridized carbons (Fsp3) is 0.235. The lowest BCUT2D eigenvalue weighted by Crippen LogP contribution is -2.42. The highest BCUT2D eigenvalue weighted by molar-refractivity contribution is 5.80. The van der Waals surface area contributed by atoms with Crippen molar-refractivity contribution in [2.45, 2.75) is 25.0 Å². The van der Waals surface area contributed by atoms with Gasteiger partial charge in [-0.2, -0.15) is 0 Å². The molecule has 6 nitrogen and oxygen atoms in total. The van der Waals surface area contributed by atoms with Crippen LogP contribution in [-0.2, 0) is 17.8 Å². The number of benzene rings is 2. The molecule has 0 bridgehead atoms. The van der Waals surface area contributed by atoms with E-state index in [1.807, 2.05) is 42.5 Å². The fourth-order valence-electron chi connectivity index (χ4n) is 3.19. The zero-order chi connectivity index (χ0) is 15.8. The summed E-state index contributed by atoms with van der Waals surface area (Å²) < 4.78 is 1.61. The van der Waals surface area contributed by atoms with Crippen molar-refractivity contribution in [3.05, 3.63) is 59.7 Å². The smallest absolute Gasteiger partial charge is 0.242 e. The third-order valence-corrected chi connectivity index (χ3v) is 4.35. The lowest BCUT2D eigenvalue weighted by atomic mass is 10.1. The minimum atomic E-state index is -0.164. The highest BCUT2D eigenvalue weighted by Gasteiger charge is 2.30. The Bertz CT molecular complexity index is 872. The first-order chi connectivity index (χ1) is 11.2. The molecule has 2 aromatic carbocycles. The number of hydrogen-bond donors (Lipinski definition) is 2. The van der Waals surface area contributed by atoms with Gasteiger partial charge in [-0.25, -0.2) is 4.68 Å². The molecule has 116 valence electrons. The van der Waals surface area contributed by atoms with E-state index in [-0.39, 0.29) is 24.5 Å². The van der Waals surface area contributed by atoms with Crippen molar-refractivity contribution >= 4 is 16.9 Å². The molecule has 0 fully saturated rings. The van der Waals surface area contributed by atoms with Gasteiger partial charge in [0.05, 0.1) is 17.6 Å². The van der Waals surface area contributed by atoms with Crippen LogP contribution in [-0.4, -0.2) is 26.9 Å². The summed E-state index contributed by atoms with van der Waals surface area (Å²) in [5.41, 5.74) is 10.2. The normalized spacial score (nSPS) is 19.7. The number of nitrogens with one attached hydrogen (secondary N) is 1. The van der Waals surface area contributed by atoms with Gasteiger partial charge < -0.3 is 11.1 Å². The molecule has 4 rings (SSSR count). The predicted octanol–water partition coefficient (Wildman–Crippen LogP) is 1.17. The first-order valence-electron chi connectivity index (χ1n) is 7.63. The van der Waals surface area contributed by atoms with Crippen molar-refractivity contribution in [2.24, 2.45) is 5.73 Å². The highest BCUT2D eigenvalue weighted by Crippen LogP contribution is 2.29. The summed E-state index contributed by atoms with van der Waals surface area (Å²) in [5.74, 6) is -0.103. The first kappa shape index (κ1) is 13.9. The van der Waals surface area contributed by atoms with E-state index in [4.69, 9.17) is 5.73 Å². The topological polar surface area (TPSA) is 85.8 Å². The summed E-state index contributed by atoms with van der Waals surface area (Å²) in [7, 11) is 0. The van der Waals surface area contributed by atoms with Crippen molar-refractivity contribution in [3.8, 4) is 0 Å². The average Bonchev–Trinajstić information content (AvgIpc) is 3.10. The van der Waals surface area contributed by atoms with Crippen LogP contribution in [0.25, 0.3) is 11.0 Å². The van der Waals surface area contributed by atoms with Gasteiger partial charge in [-0.05, 0) is 29.7 Å². The Morgan fingerprint density at radius 3 is 2.87 bits per heavy atom. The van der Waals surface area contributed by atoms with Gasteiger partial charge in [0.2, 0.25) is 5.91 Å². The molecule has 3 aromatic rings. The largest absolute Gasteiger partial charge is 0.350 e. The zero-order valence-electron chi connectivity index (χ0n) is 12.5. The van der Waals surface area contributed by atoms with E-state index in [0.717, 1.165) is 23.0 Å². The molecule has 0 radical (unpaired) electrons. The lowest BCUT2D eigenvalue weighted by molar-refractivity contribution is -0.122. The van der Waals surface area contributed by atoms with E-state index >= 15 is 0 Å². The van der Waals surface area contributed by atoms with Crippen LogP contribution in [0.5, 0.6) is 0 Å². The van der Waals surface area contributed by atoms with Gasteiger partial charge in [0.25, 0.3) is 0 Å². The second-order valence-electron chi connectivity index (χ2n) is 5.84. The Morgan fingerprint density at radius 1 is 1.22 bits per heavy atom. The average molecular weight is 307 g/mol. The maximum Gasteiger partial charge on any atom is 0.242 e. The van der Waals surface area contributed by atoms with Crippen LogP contribution in [0.4, 0.5) is 0 Å². The van der Waals surface area contributed by atoms with Crippen molar-refractivity contribution in [1.82, 2.24) is 20.3 Å². The van der Waals surface area contributed by atoms with E-state index in [9.17, 15) is 4.79 Å². The molecule has 1 amide bonds. The van der Waals surface area contributed by atoms with Crippen LogP contribution in [0.15, 0.2) is 48.5 Å². The Labute approximate surface area is 133 Å². The summed E-state index contributed by atoms with van der Waals surface area (Å²) in [6, 6.07) is 15.4. The van der Waals surface area contributed by atoms with Gasteiger partial charge in [-0.15, -0.1) is 5.10 Å². The van der Waals surface area contributed by atoms with Gasteiger partial charge in [-0.3, -0.25) is 4.79 Å². The quantitative estimate of drug-likeness (QED) is 0.760. The Balaban J connectivity index is 1.47. The maximum atomic E-state index is 12.4. The number of nitrogens with zero attached hydrogens (tertiary/aromatic N) is 3. The minimum Gasteiger partial charge on any atom is -0.350 e. The van der Waals surface area contributed by atoms with Crippen LogP contribution in [0.1, 0.15) is 17.2 Å². The van der Waals surface area contributed by atoms with E-state index in [1.165, 1.54) is 5.56 Å². The number of rotatable bonds is 3. The Hall–Kier alpha value is -2.73. The maximum absolute atomic E-state index is 12.4. The van der Waals surface area contributed by atoms with Crippen LogP contribution < -0.4 is 11.1 Å². The molecule has 2 atom stereocenters. The Kier molecular flexibility index (Phi) is 3.31. The number of carbonyl (C=O) groups excluding carboxylic acids is 1. The summed E-state index contributed by atoms with van der Waals surface area (Å²) in [6.45, 7) is 0.139. The van der Waals surface area contributed by atoms with Crippen LogP contribution in [0.3, 0.4) is 0 Å². The molecule has 6 heteroatoms. The van der Waals surface area contributed by atoms with E-state index in [2.05, 4.69) is 21.7 Å². The van der Waals surface area contributed by atoms with Crippen LogP contribution >= 0.6 is 0 Å². The van der Waals surface area contributed by atoms with Gasteiger partial charge in [0, 0.05) is 0 Å². The van der Waals surface area contributed by atoms with Gasteiger partial charge in [0.1, 0.15) is 12.1 Å². The molecular weight excluding hydrogens is 290 g/mol. The summed E-state index contributed by atoms with van der Waals surface area (Å²) >= 11 is 0. The summed E-state index contributed by atoms with van der Waals surface area (Å²) in [6.07, 6.45) is 0.765. The van der Waals surface area contributed by atoms with Gasteiger partial charge in [-0.1, -0.05) is 41.6 Å². The third-order valence-electron chi connectivity index (χ3n) is 4.35. The van der Waals surface area contributed by atoms with E-state index in [1.54, 1.807) is 4.68 Å². The van der Waals surface area contributed by atoms with Crippen LogP contribution in [0.2, 0.25) is 0 Å². The summed E-state index contributed by atoms with van der Waals surface area (Å²) in [4.78, 5) is 12.4. The molecule has 0 saturated heterocycles. The van der Waals surface area contributed by atoms with Crippen molar-refractivity contribution in [2.75, 3.05) is 0 Å². The molecule has 1 aromatic heterocycles. The van der Waals surface area contributed by atoms with Gasteiger partial charge in [0.15, 0.2) is 0 Å². The molecule has 0 saturated carbocycles. The Morgan fingerprint density at radius 2 is 2.00 bits per heavy atom. The zero-order valence-corrected chi connectivity index (χ0v) is 12.5. The first-order valence-corrected chi connectivity index (χ1v) is 7.63. The molecule has 1 aliphatic carbocycles. The SMILES string of the molecule is N[C@@H]1c2ccccc2C[C@H]1NC(=O)Cn1nnc2ccccc21. The fourth-order valence-corrected chi connectivity index (χ4v) is 3.19. The molecule has 0 spiro atoms. The van der Waals surface area contributed by atoms with E-state index in [0.29, 0.717) is 0 Å². The molecule has 0 aliphatic heterocycles. The van der Waals surface area contributed by atoms with E-state index < -0.39 is 0 Å². The van der Waals surface area contributed by atoms with Crippen molar-refractivity contribution in [1.29, 1.82) is 0 Å². The minimum absolute atomic E-state index is 0.0744. The number of aromatic nitrogens is 3. The molecule has 3 N–H and O–H groups in total. The number of carbonyl (C=O) groups is 1. The lowest BCUT2D eigenvalue weighted by Gasteiger charge is -2.18. The molecule has 1 aliphatic rings. The molecule has 0 unspecified atom stereocenters. The second kappa shape index (κ2) is 5.48. The molecule has 1 heterocycles. The third kappa shape index (κ3) is 2.47. The number of nitrogens with two attached hydrogens (primary N) is 1. The number of para-hydroxylation sites is 1. The summed E-state index contributed by atoms with van der Waals surface area (Å²) in [5, 5.41) is 11.1. The highest BCUT2D eigenvalue weighted by atomic mass is 16.2. The number of amides is 1. The predicted molar refractivity (Wildman–Crippen MR) is 86.5 cm³/mol.